The molecule has 1 aromatic carbocycles. The molecule has 1 aromatic rings. The highest BCUT2D eigenvalue weighted by Crippen LogP contribution is 2.13. The maximum Gasteiger partial charge on any atom is 0.243 e. The Morgan fingerprint density at radius 2 is 1.58 bits per heavy atom. The molecule has 0 bridgehead atoms. The molecule has 0 aliphatic rings. The average Bonchev–Trinajstić information content (AvgIpc) is 2.52. The third kappa shape index (κ3) is 6.00. The standard InChI is InChI=1S/C17H26N4O3/c1-5-21(17(24)16(18)11(2)3)10-15(23)20-14-8-6-13(7-9-14)19-12(4)22/h6-9,11,16H,5,10,18H2,1-4H3,(H,19,22)(H,20,23)/t16-/m0/s1. The molecule has 3 amide bonds. The van der Waals surface area contributed by atoms with Crippen LogP contribution in [0.3, 0.4) is 0 Å². The first-order valence-corrected chi connectivity index (χ1v) is 7.96. The van der Waals surface area contributed by atoms with Crippen molar-refractivity contribution in [2.45, 2.75) is 33.7 Å². The highest BCUT2D eigenvalue weighted by Gasteiger charge is 2.24. The fraction of sp³-hybridized carbons (Fsp3) is 0.471. The normalized spacial score (nSPS) is 11.8. The third-order valence-electron chi connectivity index (χ3n) is 3.52. The summed E-state index contributed by atoms with van der Waals surface area (Å²) >= 11 is 0. The molecular weight excluding hydrogens is 308 g/mol. The topological polar surface area (TPSA) is 105 Å². The van der Waals surface area contributed by atoms with Crippen LogP contribution in [0, 0.1) is 5.92 Å². The second-order valence-electron chi connectivity index (χ2n) is 5.93. The van der Waals surface area contributed by atoms with Crippen LogP contribution in [-0.4, -0.2) is 41.8 Å². The Morgan fingerprint density at radius 3 is 2.00 bits per heavy atom. The second-order valence-corrected chi connectivity index (χ2v) is 5.93. The second kappa shape index (κ2) is 9.02. The predicted molar refractivity (Wildman–Crippen MR) is 94.4 cm³/mol. The monoisotopic (exact) mass is 334 g/mol. The van der Waals surface area contributed by atoms with Crippen molar-refractivity contribution in [2.75, 3.05) is 23.7 Å². The van der Waals surface area contributed by atoms with Crippen molar-refractivity contribution in [2.24, 2.45) is 11.7 Å². The number of nitrogens with zero attached hydrogens (tertiary/aromatic N) is 1. The van der Waals surface area contributed by atoms with Gasteiger partial charge in [0.15, 0.2) is 0 Å². The van der Waals surface area contributed by atoms with Crippen LogP contribution >= 0.6 is 0 Å². The lowest BCUT2D eigenvalue weighted by atomic mass is 10.0. The van der Waals surface area contributed by atoms with E-state index in [4.69, 9.17) is 5.73 Å². The summed E-state index contributed by atoms with van der Waals surface area (Å²) in [6, 6.07) is 6.13. The molecule has 0 heterocycles. The van der Waals surface area contributed by atoms with Crippen LogP contribution in [0.25, 0.3) is 0 Å². The smallest absolute Gasteiger partial charge is 0.243 e. The van der Waals surface area contributed by atoms with Gasteiger partial charge in [0.1, 0.15) is 0 Å². The summed E-state index contributed by atoms with van der Waals surface area (Å²) in [6.07, 6.45) is 0. The highest BCUT2D eigenvalue weighted by molar-refractivity contribution is 5.95. The predicted octanol–water partition coefficient (Wildman–Crippen LogP) is 1.42. The zero-order valence-electron chi connectivity index (χ0n) is 14.6. The number of benzene rings is 1. The van der Waals surface area contributed by atoms with E-state index in [2.05, 4.69) is 10.6 Å². The molecule has 0 radical (unpaired) electrons. The van der Waals surface area contributed by atoms with Crippen molar-refractivity contribution < 1.29 is 14.4 Å². The molecule has 1 rings (SSSR count). The average molecular weight is 334 g/mol. The van der Waals surface area contributed by atoms with Gasteiger partial charge in [0.2, 0.25) is 17.7 Å². The van der Waals surface area contributed by atoms with Crippen molar-refractivity contribution in [3.63, 3.8) is 0 Å². The van der Waals surface area contributed by atoms with E-state index in [1.165, 1.54) is 11.8 Å². The van der Waals surface area contributed by atoms with Gasteiger partial charge in [0.25, 0.3) is 0 Å². The number of nitrogens with one attached hydrogen (secondary N) is 2. The van der Waals surface area contributed by atoms with Crippen LogP contribution in [0.2, 0.25) is 0 Å². The molecular formula is C17H26N4O3. The van der Waals surface area contributed by atoms with Gasteiger partial charge >= 0.3 is 0 Å². The number of rotatable bonds is 7. The van der Waals surface area contributed by atoms with Crippen LogP contribution in [0.1, 0.15) is 27.7 Å². The number of carbonyl (C=O) groups is 3. The van der Waals surface area contributed by atoms with Crippen molar-refractivity contribution in [3.8, 4) is 0 Å². The lowest BCUT2D eigenvalue weighted by molar-refractivity contribution is -0.136. The van der Waals surface area contributed by atoms with E-state index in [0.717, 1.165) is 0 Å². The lowest BCUT2D eigenvalue weighted by Crippen LogP contribution is -2.48. The molecule has 7 nitrogen and oxygen atoms in total. The minimum absolute atomic E-state index is 0.0101. The Labute approximate surface area is 142 Å². The Bertz CT molecular complexity index is 584. The van der Waals surface area contributed by atoms with E-state index >= 15 is 0 Å². The van der Waals surface area contributed by atoms with E-state index in [9.17, 15) is 14.4 Å². The molecule has 24 heavy (non-hydrogen) atoms. The van der Waals surface area contributed by atoms with Gasteiger partial charge in [-0.3, -0.25) is 14.4 Å². The molecule has 7 heteroatoms. The molecule has 4 N–H and O–H groups in total. The number of anilines is 2. The van der Waals surface area contributed by atoms with Gasteiger partial charge in [-0.15, -0.1) is 0 Å². The van der Waals surface area contributed by atoms with Gasteiger partial charge < -0.3 is 21.3 Å². The fourth-order valence-electron chi connectivity index (χ4n) is 2.06. The third-order valence-corrected chi connectivity index (χ3v) is 3.52. The SMILES string of the molecule is CCN(CC(=O)Nc1ccc(NC(C)=O)cc1)C(=O)[C@@H](N)C(C)C. The van der Waals surface area contributed by atoms with E-state index in [0.29, 0.717) is 17.9 Å². The summed E-state index contributed by atoms with van der Waals surface area (Å²) in [6.45, 7) is 7.33. The molecule has 0 aliphatic carbocycles. The molecule has 0 aromatic heterocycles. The Kier molecular flexibility index (Phi) is 7.38. The summed E-state index contributed by atoms with van der Waals surface area (Å²) in [5.41, 5.74) is 7.10. The fourth-order valence-corrected chi connectivity index (χ4v) is 2.06. The quantitative estimate of drug-likeness (QED) is 0.701. The number of likely N-dealkylation sites (N-methyl/N-ethyl adjacent to an activating group) is 1. The largest absolute Gasteiger partial charge is 0.332 e. The molecule has 0 unspecified atom stereocenters. The van der Waals surface area contributed by atoms with Crippen LogP contribution in [0.4, 0.5) is 11.4 Å². The van der Waals surface area contributed by atoms with E-state index in [-0.39, 0.29) is 30.2 Å². The number of hydrogen-bond donors (Lipinski definition) is 3. The lowest BCUT2D eigenvalue weighted by Gasteiger charge is -2.25. The molecule has 0 saturated heterocycles. The van der Waals surface area contributed by atoms with Gasteiger partial charge in [0, 0.05) is 24.8 Å². The Balaban J connectivity index is 2.63. The van der Waals surface area contributed by atoms with Crippen molar-refractivity contribution in [3.05, 3.63) is 24.3 Å². The van der Waals surface area contributed by atoms with Crippen LogP contribution in [0.5, 0.6) is 0 Å². The number of nitrogens with two attached hydrogens (primary N) is 1. The number of hydrogen-bond acceptors (Lipinski definition) is 4. The van der Waals surface area contributed by atoms with Crippen LogP contribution in [0.15, 0.2) is 24.3 Å². The molecule has 0 aliphatic heterocycles. The van der Waals surface area contributed by atoms with Gasteiger partial charge in [-0.2, -0.15) is 0 Å². The molecule has 0 spiro atoms. The van der Waals surface area contributed by atoms with Gasteiger partial charge in [-0.25, -0.2) is 0 Å². The van der Waals surface area contributed by atoms with Crippen LogP contribution < -0.4 is 16.4 Å². The van der Waals surface area contributed by atoms with Gasteiger partial charge in [-0.05, 0) is 37.1 Å². The summed E-state index contributed by atoms with van der Waals surface area (Å²) in [5.74, 6) is -0.682. The molecule has 0 fully saturated rings. The Hall–Kier alpha value is -2.41. The maximum atomic E-state index is 12.2. The maximum absolute atomic E-state index is 12.2. The van der Waals surface area contributed by atoms with Crippen molar-refractivity contribution >= 4 is 29.1 Å². The minimum Gasteiger partial charge on any atom is -0.332 e. The summed E-state index contributed by atoms with van der Waals surface area (Å²) in [5, 5.41) is 5.37. The molecule has 1 atom stereocenters. The summed E-state index contributed by atoms with van der Waals surface area (Å²) in [7, 11) is 0. The zero-order chi connectivity index (χ0) is 18.3. The first kappa shape index (κ1) is 19.6. The Morgan fingerprint density at radius 1 is 1.08 bits per heavy atom. The van der Waals surface area contributed by atoms with E-state index in [1.807, 2.05) is 13.8 Å². The van der Waals surface area contributed by atoms with E-state index < -0.39 is 6.04 Å². The minimum atomic E-state index is -0.616. The zero-order valence-corrected chi connectivity index (χ0v) is 14.6. The van der Waals surface area contributed by atoms with Gasteiger partial charge in [-0.1, -0.05) is 13.8 Å². The molecule has 0 saturated carbocycles. The highest BCUT2D eigenvalue weighted by atomic mass is 16.2. The van der Waals surface area contributed by atoms with Crippen LogP contribution in [-0.2, 0) is 14.4 Å². The van der Waals surface area contributed by atoms with Crippen molar-refractivity contribution in [1.29, 1.82) is 0 Å². The van der Waals surface area contributed by atoms with E-state index in [1.54, 1.807) is 31.2 Å². The molecule has 132 valence electrons. The van der Waals surface area contributed by atoms with Gasteiger partial charge in [0.05, 0.1) is 12.6 Å². The van der Waals surface area contributed by atoms with Crippen molar-refractivity contribution in [1.82, 2.24) is 4.90 Å². The first-order valence-electron chi connectivity index (χ1n) is 7.96. The number of amides is 3. The number of carbonyl (C=O) groups excluding carboxylic acids is 3. The summed E-state index contributed by atoms with van der Waals surface area (Å²) < 4.78 is 0. The first-order chi connectivity index (χ1) is 11.2. The summed E-state index contributed by atoms with van der Waals surface area (Å²) in [4.78, 5) is 36.8.